The SMILES string of the molecule is Cc1cccc(Oc2nc3c(c(=O)n(CCCO)c(=O)n3C)n2CCC(C)C)c1. The Morgan fingerprint density at radius 3 is 2.59 bits per heavy atom. The van der Waals surface area contributed by atoms with E-state index >= 15 is 0 Å². The number of ether oxygens (including phenoxy) is 1. The molecule has 0 amide bonds. The molecule has 3 rings (SSSR count). The minimum absolute atomic E-state index is 0.0953. The van der Waals surface area contributed by atoms with Crippen molar-refractivity contribution < 1.29 is 9.84 Å². The summed E-state index contributed by atoms with van der Waals surface area (Å²) in [4.78, 5) is 30.3. The van der Waals surface area contributed by atoms with Gasteiger partial charge in [-0.3, -0.25) is 18.5 Å². The molecule has 0 aliphatic rings. The second-order valence-electron chi connectivity index (χ2n) is 7.69. The van der Waals surface area contributed by atoms with Crippen LogP contribution in [0.25, 0.3) is 11.2 Å². The first-order chi connectivity index (χ1) is 13.8. The number of aryl methyl sites for hydroxylation is 3. The molecule has 0 radical (unpaired) electrons. The van der Waals surface area contributed by atoms with Gasteiger partial charge < -0.3 is 9.84 Å². The monoisotopic (exact) mass is 400 g/mol. The Morgan fingerprint density at radius 2 is 1.93 bits per heavy atom. The van der Waals surface area contributed by atoms with Gasteiger partial charge in [-0.25, -0.2) is 4.79 Å². The van der Waals surface area contributed by atoms with Crippen LogP contribution in [0.1, 0.15) is 32.3 Å². The van der Waals surface area contributed by atoms with Crippen molar-refractivity contribution in [1.82, 2.24) is 18.7 Å². The molecule has 0 aliphatic heterocycles. The van der Waals surface area contributed by atoms with Gasteiger partial charge in [0.2, 0.25) is 0 Å². The first-order valence-corrected chi connectivity index (χ1v) is 9.89. The van der Waals surface area contributed by atoms with Crippen molar-refractivity contribution in [3.63, 3.8) is 0 Å². The van der Waals surface area contributed by atoms with E-state index in [0.717, 1.165) is 16.6 Å². The molecule has 2 heterocycles. The van der Waals surface area contributed by atoms with E-state index in [1.807, 2.05) is 31.2 Å². The molecule has 1 aromatic carbocycles. The molecule has 8 nitrogen and oxygen atoms in total. The van der Waals surface area contributed by atoms with Gasteiger partial charge in [0, 0.05) is 26.7 Å². The summed E-state index contributed by atoms with van der Waals surface area (Å²) in [5.74, 6) is 1.04. The summed E-state index contributed by atoms with van der Waals surface area (Å²) in [5, 5.41) is 9.12. The van der Waals surface area contributed by atoms with E-state index in [2.05, 4.69) is 18.8 Å². The van der Waals surface area contributed by atoms with Crippen LogP contribution in [0.2, 0.25) is 0 Å². The highest BCUT2D eigenvalue weighted by Gasteiger charge is 2.21. The number of fused-ring (bicyclic) bond motifs is 1. The number of nitrogens with zero attached hydrogens (tertiary/aromatic N) is 4. The average Bonchev–Trinajstić information content (AvgIpc) is 3.03. The fourth-order valence-corrected chi connectivity index (χ4v) is 3.23. The number of benzene rings is 1. The third-order valence-corrected chi connectivity index (χ3v) is 4.87. The Morgan fingerprint density at radius 1 is 1.17 bits per heavy atom. The minimum atomic E-state index is -0.452. The number of hydrogen-bond donors (Lipinski definition) is 1. The first kappa shape index (κ1) is 20.9. The van der Waals surface area contributed by atoms with Crippen molar-refractivity contribution in [2.45, 2.75) is 46.7 Å². The van der Waals surface area contributed by atoms with Crippen LogP contribution in [-0.4, -0.2) is 30.4 Å². The summed E-state index contributed by atoms with van der Waals surface area (Å²) in [6.45, 7) is 6.79. The van der Waals surface area contributed by atoms with Crippen LogP contribution in [0, 0.1) is 12.8 Å². The molecule has 0 saturated carbocycles. The van der Waals surface area contributed by atoms with Gasteiger partial charge in [-0.2, -0.15) is 4.98 Å². The molecule has 0 spiro atoms. The topological polar surface area (TPSA) is 91.3 Å². The molecule has 0 bridgehead atoms. The summed E-state index contributed by atoms with van der Waals surface area (Å²) in [6, 6.07) is 7.88. The lowest BCUT2D eigenvalue weighted by Crippen LogP contribution is -2.39. The molecule has 29 heavy (non-hydrogen) atoms. The van der Waals surface area contributed by atoms with Crippen LogP contribution >= 0.6 is 0 Å². The van der Waals surface area contributed by atoms with E-state index in [-0.39, 0.29) is 13.2 Å². The van der Waals surface area contributed by atoms with Crippen LogP contribution < -0.4 is 16.0 Å². The number of aliphatic hydroxyl groups is 1. The Bertz CT molecular complexity index is 1120. The van der Waals surface area contributed by atoms with Crippen LogP contribution in [0.4, 0.5) is 0 Å². The molecule has 0 atom stereocenters. The summed E-state index contributed by atoms with van der Waals surface area (Å²) >= 11 is 0. The summed E-state index contributed by atoms with van der Waals surface area (Å²) in [7, 11) is 1.59. The third kappa shape index (κ3) is 4.27. The lowest BCUT2D eigenvalue weighted by molar-refractivity contribution is 0.277. The van der Waals surface area contributed by atoms with Crippen molar-refractivity contribution in [3.05, 3.63) is 50.7 Å². The highest BCUT2D eigenvalue weighted by molar-refractivity contribution is 5.72. The maximum absolute atomic E-state index is 13.1. The first-order valence-electron chi connectivity index (χ1n) is 9.89. The van der Waals surface area contributed by atoms with E-state index in [9.17, 15) is 9.59 Å². The normalized spacial score (nSPS) is 11.5. The van der Waals surface area contributed by atoms with Crippen molar-refractivity contribution in [2.24, 2.45) is 13.0 Å². The highest BCUT2D eigenvalue weighted by Crippen LogP contribution is 2.25. The molecular formula is C21H28N4O4. The fourth-order valence-electron chi connectivity index (χ4n) is 3.23. The number of aromatic nitrogens is 4. The van der Waals surface area contributed by atoms with Gasteiger partial charge in [-0.15, -0.1) is 0 Å². The van der Waals surface area contributed by atoms with Gasteiger partial charge in [0.15, 0.2) is 11.2 Å². The zero-order valence-corrected chi connectivity index (χ0v) is 17.4. The van der Waals surface area contributed by atoms with Crippen LogP contribution in [0.5, 0.6) is 11.8 Å². The van der Waals surface area contributed by atoms with E-state index in [4.69, 9.17) is 9.84 Å². The Labute approximate surface area is 169 Å². The molecule has 1 N–H and O–H groups in total. The van der Waals surface area contributed by atoms with E-state index in [0.29, 0.717) is 41.8 Å². The molecule has 0 saturated heterocycles. The second-order valence-corrected chi connectivity index (χ2v) is 7.69. The largest absolute Gasteiger partial charge is 0.425 e. The van der Waals surface area contributed by atoms with Gasteiger partial charge in [-0.05, 0) is 43.4 Å². The van der Waals surface area contributed by atoms with Crippen molar-refractivity contribution in [2.75, 3.05) is 6.61 Å². The molecule has 2 aromatic heterocycles. The van der Waals surface area contributed by atoms with Crippen LogP contribution in [0.3, 0.4) is 0 Å². The standard InChI is InChI=1S/C21H28N4O4/c1-14(2)9-11-24-17-18(22-20(24)29-16-8-5-7-15(3)13-16)23(4)21(28)25(19(17)27)10-6-12-26/h5,7-8,13-14,26H,6,9-12H2,1-4H3. The average molecular weight is 400 g/mol. The lowest BCUT2D eigenvalue weighted by Gasteiger charge is -2.12. The van der Waals surface area contributed by atoms with E-state index in [1.165, 1.54) is 4.57 Å². The predicted octanol–water partition coefficient (Wildman–Crippen LogP) is 2.43. The number of rotatable bonds is 8. The summed E-state index contributed by atoms with van der Waals surface area (Å²) in [6.07, 6.45) is 1.15. The smallest absolute Gasteiger partial charge is 0.332 e. The molecule has 3 aromatic rings. The minimum Gasteiger partial charge on any atom is -0.425 e. The van der Waals surface area contributed by atoms with Gasteiger partial charge in [0.05, 0.1) is 0 Å². The van der Waals surface area contributed by atoms with Gasteiger partial charge in [0.1, 0.15) is 5.75 Å². The zero-order valence-electron chi connectivity index (χ0n) is 17.4. The quantitative estimate of drug-likeness (QED) is 0.627. The van der Waals surface area contributed by atoms with Crippen LogP contribution in [0.15, 0.2) is 33.9 Å². The lowest BCUT2D eigenvalue weighted by atomic mass is 10.1. The molecular weight excluding hydrogens is 372 g/mol. The number of imidazole rings is 1. The molecule has 8 heteroatoms. The van der Waals surface area contributed by atoms with E-state index in [1.54, 1.807) is 11.6 Å². The maximum atomic E-state index is 13.1. The van der Waals surface area contributed by atoms with Gasteiger partial charge >= 0.3 is 11.7 Å². The van der Waals surface area contributed by atoms with Crippen molar-refractivity contribution in [1.29, 1.82) is 0 Å². The maximum Gasteiger partial charge on any atom is 0.332 e. The van der Waals surface area contributed by atoms with E-state index < -0.39 is 11.2 Å². The summed E-state index contributed by atoms with van der Waals surface area (Å²) in [5.41, 5.74) is 0.824. The van der Waals surface area contributed by atoms with Crippen LogP contribution in [-0.2, 0) is 20.1 Å². The third-order valence-electron chi connectivity index (χ3n) is 4.87. The zero-order chi connectivity index (χ0) is 21.1. The predicted molar refractivity (Wildman–Crippen MR) is 112 cm³/mol. The summed E-state index contributed by atoms with van der Waals surface area (Å²) < 4.78 is 10.3. The fraction of sp³-hybridized carbons (Fsp3) is 0.476. The molecule has 0 aliphatic carbocycles. The van der Waals surface area contributed by atoms with Gasteiger partial charge in [-0.1, -0.05) is 26.0 Å². The number of hydrogen-bond acceptors (Lipinski definition) is 5. The molecule has 0 fully saturated rings. The second kappa shape index (κ2) is 8.65. The molecule has 0 unspecified atom stereocenters. The van der Waals surface area contributed by atoms with Crippen molar-refractivity contribution >= 4 is 11.2 Å². The molecule has 156 valence electrons. The Kier molecular flexibility index (Phi) is 6.22. The Hall–Kier alpha value is -2.87. The highest BCUT2D eigenvalue weighted by atomic mass is 16.5. The van der Waals surface area contributed by atoms with Gasteiger partial charge in [0.25, 0.3) is 5.56 Å². The number of aliphatic hydroxyl groups excluding tert-OH is 1. The van der Waals surface area contributed by atoms with Crippen molar-refractivity contribution in [3.8, 4) is 11.8 Å². The Balaban J connectivity index is 2.21.